The van der Waals surface area contributed by atoms with Gasteiger partial charge in [-0.15, -0.1) is 0 Å². The molecular formula is C15H22N2O3. The van der Waals surface area contributed by atoms with Crippen molar-refractivity contribution < 1.29 is 14.6 Å². The van der Waals surface area contributed by atoms with Crippen LogP contribution in [0.3, 0.4) is 0 Å². The van der Waals surface area contributed by atoms with E-state index in [2.05, 4.69) is 0 Å². The molecule has 1 aromatic rings. The van der Waals surface area contributed by atoms with E-state index in [1.165, 1.54) is 0 Å². The maximum Gasteiger partial charge on any atom is 0.410 e. The van der Waals surface area contributed by atoms with E-state index in [1.54, 1.807) is 4.90 Å². The second-order valence-corrected chi connectivity index (χ2v) is 5.39. The van der Waals surface area contributed by atoms with E-state index >= 15 is 0 Å². The minimum absolute atomic E-state index is 0.0798. The smallest absolute Gasteiger partial charge is 0.410 e. The Balaban J connectivity index is 1.80. The molecule has 0 atom stereocenters. The molecular weight excluding hydrogens is 256 g/mol. The van der Waals surface area contributed by atoms with Crippen molar-refractivity contribution in [3.05, 3.63) is 35.9 Å². The Hall–Kier alpha value is -1.59. The minimum atomic E-state index is -0.294. The number of carbonyl (C=O) groups excluding carboxylic acids is 1. The van der Waals surface area contributed by atoms with E-state index in [-0.39, 0.29) is 24.7 Å². The highest BCUT2D eigenvalue weighted by atomic mass is 16.6. The van der Waals surface area contributed by atoms with Gasteiger partial charge in [0.15, 0.2) is 0 Å². The van der Waals surface area contributed by atoms with Gasteiger partial charge in [0.05, 0.1) is 6.61 Å². The molecule has 1 aliphatic rings. The lowest BCUT2D eigenvalue weighted by Crippen LogP contribution is -2.47. The molecule has 5 heteroatoms. The summed E-state index contributed by atoms with van der Waals surface area (Å²) >= 11 is 0. The van der Waals surface area contributed by atoms with Gasteiger partial charge in [-0.2, -0.15) is 0 Å². The molecule has 0 radical (unpaired) electrons. The number of ether oxygens (including phenoxy) is 1. The van der Waals surface area contributed by atoms with Crippen molar-refractivity contribution in [2.45, 2.75) is 19.4 Å². The van der Waals surface area contributed by atoms with Gasteiger partial charge in [-0.1, -0.05) is 30.3 Å². The molecule has 0 aliphatic carbocycles. The van der Waals surface area contributed by atoms with Crippen LogP contribution < -0.4 is 5.73 Å². The van der Waals surface area contributed by atoms with Gasteiger partial charge in [0.25, 0.3) is 0 Å². The van der Waals surface area contributed by atoms with E-state index in [4.69, 9.17) is 10.5 Å². The third-order valence-corrected chi connectivity index (χ3v) is 4.06. The molecule has 1 saturated heterocycles. The first kappa shape index (κ1) is 14.8. The third-order valence-electron chi connectivity index (χ3n) is 4.06. The van der Waals surface area contributed by atoms with Crippen LogP contribution in [0, 0.1) is 5.41 Å². The number of aliphatic hydroxyl groups excluding tert-OH is 1. The van der Waals surface area contributed by atoms with E-state index < -0.39 is 0 Å². The number of hydrogen-bond acceptors (Lipinski definition) is 4. The fraction of sp³-hybridized carbons (Fsp3) is 0.533. The highest BCUT2D eigenvalue weighted by molar-refractivity contribution is 5.67. The summed E-state index contributed by atoms with van der Waals surface area (Å²) < 4.78 is 5.30. The van der Waals surface area contributed by atoms with Crippen LogP contribution in [0.2, 0.25) is 0 Å². The number of rotatable bonds is 4. The molecule has 1 heterocycles. The number of aliphatic hydroxyl groups is 1. The normalized spacial score (nSPS) is 17.8. The van der Waals surface area contributed by atoms with Crippen molar-refractivity contribution in [1.82, 2.24) is 4.90 Å². The summed E-state index contributed by atoms with van der Waals surface area (Å²) in [6, 6.07) is 9.61. The fourth-order valence-corrected chi connectivity index (χ4v) is 2.40. The molecule has 3 N–H and O–H groups in total. The molecule has 110 valence electrons. The van der Waals surface area contributed by atoms with Crippen LogP contribution in [0.15, 0.2) is 30.3 Å². The third kappa shape index (κ3) is 3.49. The molecule has 0 unspecified atom stereocenters. The number of benzene rings is 1. The zero-order valence-electron chi connectivity index (χ0n) is 11.6. The Kier molecular flexibility index (Phi) is 4.98. The van der Waals surface area contributed by atoms with Crippen LogP contribution in [0.5, 0.6) is 0 Å². The summed E-state index contributed by atoms with van der Waals surface area (Å²) in [7, 11) is 0. The lowest BCUT2D eigenvalue weighted by Gasteiger charge is -2.39. The standard InChI is InChI=1S/C15H22N2O3/c16-11-15(12-18)6-8-17(9-7-15)14(19)20-10-13-4-2-1-3-5-13/h1-5,18H,6-12,16H2. The van der Waals surface area contributed by atoms with Crippen molar-refractivity contribution in [2.75, 3.05) is 26.2 Å². The summed E-state index contributed by atoms with van der Waals surface area (Å²) in [6.45, 7) is 2.00. The van der Waals surface area contributed by atoms with E-state index in [9.17, 15) is 9.90 Å². The lowest BCUT2D eigenvalue weighted by molar-refractivity contribution is 0.0366. The Morgan fingerprint density at radius 3 is 2.50 bits per heavy atom. The number of amides is 1. The van der Waals surface area contributed by atoms with Gasteiger partial charge in [-0.05, 0) is 18.4 Å². The molecule has 0 saturated carbocycles. The zero-order valence-corrected chi connectivity index (χ0v) is 11.6. The SMILES string of the molecule is NCC1(CO)CCN(C(=O)OCc2ccccc2)CC1. The topological polar surface area (TPSA) is 75.8 Å². The molecule has 2 rings (SSSR count). The van der Waals surface area contributed by atoms with Crippen molar-refractivity contribution in [2.24, 2.45) is 11.1 Å². The Labute approximate surface area is 119 Å². The highest BCUT2D eigenvalue weighted by Gasteiger charge is 2.34. The van der Waals surface area contributed by atoms with Crippen LogP contribution in [0.4, 0.5) is 4.79 Å². The first-order chi connectivity index (χ1) is 9.69. The summed E-state index contributed by atoms with van der Waals surface area (Å²) in [5, 5.41) is 9.40. The molecule has 20 heavy (non-hydrogen) atoms. The maximum atomic E-state index is 12.0. The van der Waals surface area contributed by atoms with E-state index in [0.29, 0.717) is 19.6 Å². The first-order valence-electron chi connectivity index (χ1n) is 6.96. The molecule has 1 fully saturated rings. The quantitative estimate of drug-likeness (QED) is 0.872. The molecule has 5 nitrogen and oxygen atoms in total. The minimum Gasteiger partial charge on any atom is -0.445 e. The number of likely N-dealkylation sites (tertiary alicyclic amines) is 1. The Morgan fingerprint density at radius 1 is 1.30 bits per heavy atom. The van der Waals surface area contributed by atoms with Crippen LogP contribution in [0.1, 0.15) is 18.4 Å². The lowest BCUT2D eigenvalue weighted by atomic mass is 9.79. The average molecular weight is 278 g/mol. The molecule has 1 amide bonds. The number of piperidine rings is 1. The molecule has 1 aliphatic heterocycles. The second kappa shape index (κ2) is 6.72. The summed E-state index contributed by atoms with van der Waals surface area (Å²) in [6.07, 6.45) is 1.15. The number of carbonyl (C=O) groups is 1. The van der Waals surface area contributed by atoms with Gasteiger partial charge in [-0.3, -0.25) is 0 Å². The van der Waals surface area contributed by atoms with Crippen molar-refractivity contribution in [3.63, 3.8) is 0 Å². The molecule has 0 aromatic heterocycles. The van der Waals surface area contributed by atoms with E-state index in [1.807, 2.05) is 30.3 Å². The van der Waals surface area contributed by atoms with Crippen LogP contribution in [-0.4, -0.2) is 42.3 Å². The number of nitrogens with two attached hydrogens (primary N) is 1. The fourth-order valence-electron chi connectivity index (χ4n) is 2.40. The predicted molar refractivity (Wildman–Crippen MR) is 76.0 cm³/mol. The predicted octanol–water partition coefficient (Wildman–Crippen LogP) is 1.36. The van der Waals surface area contributed by atoms with Crippen molar-refractivity contribution in [3.8, 4) is 0 Å². The van der Waals surface area contributed by atoms with Crippen LogP contribution in [0.25, 0.3) is 0 Å². The molecule has 0 spiro atoms. The maximum absolute atomic E-state index is 12.0. The van der Waals surface area contributed by atoms with Gasteiger partial charge < -0.3 is 20.5 Å². The monoisotopic (exact) mass is 278 g/mol. The van der Waals surface area contributed by atoms with Crippen LogP contribution in [-0.2, 0) is 11.3 Å². The average Bonchev–Trinajstić information content (AvgIpc) is 2.53. The Bertz CT molecular complexity index is 422. The van der Waals surface area contributed by atoms with E-state index in [0.717, 1.165) is 18.4 Å². The summed E-state index contributed by atoms with van der Waals surface area (Å²) in [5.41, 5.74) is 6.46. The van der Waals surface area contributed by atoms with Crippen LogP contribution >= 0.6 is 0 Å². The van der Waals surface area contributed by atoms with Gasteiger partial charge in [0.1, 0.15) is 6.61 Å². The van der Waals surface area contributed by atoms with Gasteiger partial charge in [0, 0.05) is 25.0 Å². The number of hydrogen-bond donors (Lipinski definition) is 2. The summed E-state index contributed by atoms with van der Waals surface area (Å²) in [5.74, 6) is 0. The Morgan fingerprint density at radius 2 is 1.95 bits per heavy atom. The van der Waals surface area contributed by atoms with Crippen molar-refractivity contribution in [1.29, 1.82) is 0 Å². The largest absolute Gasteiger partial charge is 0.445 e. The van der Waals surface area contributed by atoms with Crippen molar-refractivity contribution >= 4 is 6.09 Å². The zero-order chi connectivity index (χ0) is 14.4. The second-order valence-electron chi connectivity index (χ2n) is 5.39. The highest BCUT2D eigenvalue weighted by Crippen LogP contribution is 2.29. The first-order valence-corrected chi connectivity index (χ1v) is 6.96. The van der Waals surface area contributed by atoms with Gasteiger partial charge in [0.2, 0.25) is 0 Å². The summed E-state index contributed by atoms with van der Waals surface area (Å²) in [4.78, 5) is 13.7. The molecule has 1 aromatic carbocycles. The molecule has 0 bridgehead atoms. The van der Waals surface area contributed by atoms with Gasteiger partial charge in [-0.25, -0.2) is 4.79 Å². The van der Waals surface area contributed by atoms with Gasteiger partial charge >= 0.3 is 6.09 Å². The number of nitrogens with zero attached hydrogens (tertiary/aromatic N) is 1.